The second-order valence-corrected chi connectivity index (χ2v) is 7.26. The highest BCUT2D eigenvalue weighted by atomic mass is 19.4. The van der Waals surface area contributed by atoms with Gasteiger partial charge in [0.2, 0.25) is 5.95 Å². The summed E-state index contributed by atoms with van der Waals surface area (Å²) in [5.41, 5.74) is -4.34. The van der Waals surface area contributed by atoms with Gasteiger partial charge >= 0.3 is 12.4 Å². The van der Waals surface area contributed by atoms with Gasteiger partial charge in [0, 0.05) is 23.4 Å². The average Bonchev–Trinajstić information content (AvgIpc) is 3.41. The minimum atomic E-state index is -5.13. The number of anilines is 1. The number of halogens is 6. The van der Waals surface area contributed by atoms with Crippen LogP contribution in [-0.2, 0) is 12.4 Å². The van der Waals surface area contributed by atoms with E-state index in [9.17, 15) is 35.9 Å². The number of amides is 1. The predicted molar refractivity (Wildman–Crippen MR) is 109 cm³/mol. The van der Waals surface area contributed by atoms with Gasteiger partial charge in [-0.15, -0.1) is 0 Å². The molecule has 14 heteroatoms. The van der Waals surface area contributed by atoms with Gasteiger partial charge in [-0.05, 0) is 37.3 Å². The van der Waals surface area contributed by atoms with E-state index in [1.54, 1.807) is 6.07 Å². The maximum atomic E-state index is 13.2. The van der Waals surface area contributed by atoms with Gasteiger partial charge in [-0.3, -0.25) is 14.6 Å². The number of rotatable bonds is 4. The SMILES string of the molecule is Cc1cc(=O)[nH]c(-n2nc(-c3ccco3)cc2NC(=O)c2cc(C(F)(F)F)cc(C(F)(F)F)c2)n1. The first kappa shape index (κ1) is 23.8. The lowest BCUT2D eigenvalue weighted by Crippen LogP contribution is -2.20. The van der Waals surface area contributed by atoms with Crippen LogP contribution in [0.5, 0.6) is 0 Å². The van der Waals surface area contributed by atoms with Crippen molar-refractivity contribution in [1.29, 1.82) is 0 Å². The van der Waals surface area contributed by atoms with Crippen molar-refractivity contribution >= 4 is 11.7 Å². The van der Waals surface area contributed by atoms with Crippen LogP contribution in [0.1, 0.15) is 27.2 Å². The largest absolute Gasteiger partial charge is 0.463 e. The van der Waals surface area contributed by atoms with Gasteiger partial charge in [-0.25, -0.2) is 4.98 Å². The molecule has 4 aromatic rings. The molecule has 35 heavy (non-hydrogen) atoms. The summed E-state index contributed by atoms with van der Waals surface area (Å²) in [5.74, 6) is -1.43. The van der Waals surface area contributed by atoms with Crippen LogP contribution in [0.15, 0.2) is 57.9 Å². The topological polar surface area (TPSA) is 106 Å². The van der Waals surface area contributed by atoms with Gasteiger partial charge in [-0.2, -0.15) is 36.1 Å². The Labute approximate surface area is 191 Å². The number of aromatic nitrogens is 4. The minimum Gasteiger partial charge on any atom is -0.463 e. The molecule has 0 fully saturated rings. The number of H-pyrrole nitrogens is 1. The normalized spacial score (nSPS) is 12.1. The number of alkyl halides is 6. The van der Waals surface area contributed by atoms with Crippen molar-refractivity contribution in [3.05, 3.63) is 81.5 Å². The third kappa shape index (κ3) is 5.10. The predicted octanol–water partition coefficient (Wildman–Crippen LogP) is 4.81. The Kier molecular flexibility index (Phi) is 5.74. The second kappa shape index (κ2) is 8.45. The number of carbonyl (C=O) groups is 1. The van der Waals surface area contributed by atoms with Gasteiger partial charge in [-0.1, -0.05) is 0 Å². The molecule has 1 aromatic carbocycles. The summed E-state index contributed by atoms with van der Waals surface area (Å²) in [6.45, 7) is 1.51. The Morgan fingerprint density at radius 2 is 1.69 bits per heavy atom. The number of nitrogens with one attached hydrogen (secondary N) is 2. The number of benzene rings is 1. The maximum absolute atomic E-state index is 13.2. The van der Waals surface area contributed by atoms with Crippen LogP contribution in [0.3, 0.4) is 0 Å². The molecular formula is C21H13F6N5O3. The summed E-state index contributed by atoms with van der Waals surface area (Å²) in [6.07, 6.45) is -8.92. The first-order valence-corrected chi connectivity index (χ1v) is 9.64. The van der Waals surface area contributed by atoms with Crippen LogP contribution in [0.4, 0.5) is 32.2 Å². The van der Waals surface area contributed by atoms with E-state index < -0.39 is 40.5 Å². The number of hydrogen-bond acceptors (Lipinski definition) is 5. The van der Waals surface area contributed by atoms with Crippen LogP contribution in [-0.4, -0.2) is 25.7 Å². The van der Waals surface area contributed by atoms with E-state index in [1.165, 1.54) is 31.4 Å². The minimum absolute atomic E-state index is 0.0859. The standard InChI is InChI=1S/C21H13F6N5O3/c1-10-5-17(33)30-19(28-10)32-16(9-14(31-32)15-3-2-4-35-15)29-18(34)11-6-12(20(22,23)24)8-13(7-11)21(25,26)27/h2-9H,1H3,(H,29,34)(H,28,30,33). The number of nitrogens with zero attached hydrogens (tertiary/aromatic N) is 3. The molecule has 0 saturated heterocycles. The molecule has 0 aliphatic heterocycles. The molecule has 182 valence electrons. The van der Waals surface area contributed by atoms with Gasteiger partial charge in [0.15, 0.2) is 5.76 Å². The number of furan rings is 1. The zero-order valence-corrected chi connectivity index (χ0v) is 17.5. The Hall–Kier alpha value is -4.36. The van der Waals surface area contributed by atoms with Gasteiger partial charge in [0.05, 0.1) is 17.4 Å². The molecule has 0 aliphatic carbocycles. The molecule has 1 amide bonds. The van der Waals surface area contributed by atoms with E-state index >= 15 is 0 Å². The lowest BCUT2D eigenvalue weighted by molar-refractivity contribution is -0.143. The highest BCUT2D eigenvalue weighted by molar-refractivity contribution is 6.04. The molecule has 0 radical (unpaired) electrons. The van der Waals surface area contributed by atoms with Crippen molar-refractivity contribution in [1.82, 2.24) is 19.7 Å². The lowest BCUT2D eigenvalue weighted by Gasteiger charge is -2.14. The summed E-state index contributed by atoms with van der Waals surface area (Å²) in [5, 5.41) is 6.41. The number of aryl methyl sites for hydroxylation is 1. The molecule has 3 aromatic heterocycles. The molecular weight excluding hydrogens is 484 g/mol. The van der Waals surface area contributed by atoms with E-state index in [0.717, 1.165) is 4.68 Å². The molecule has 0 aliphatic rings. The number of hydrogen-bond donors (Lipinski definition) is 2. The molecule has 0 atom stereocenters. The van der Waals surface area contributed by atoms with Crippen LogP contribution >= 0.6 is 0 Å². The van der Waals surface area contributed by atoms with Crippen molar-refractivity contribution in [2.24, 2.45) is 0 Å². The van der Waals surface area contributed by atoms with Gasteiger partial charge in [0.1, 0.15) is 11.5 Å². The van der Waals surface area contributed by atoms with E-state index in [4.69, 9.17) is 4.42 Å². The highest BCUT2D eigenvalue weighted by Crippen LogP contribution is 2.36. The molecule has 3 heterocycles. The first-order chi connectivity index (χ1) is 16.3. The summed E-state index contributed by atoms with van der Waals surface area (Å²) < 4.78 is 85.3. The third-order valence-electron chi connectivity index (χ3n) is 4.63. The quantitative estimate of drug-likeness (QED) is 0.394. The smallest absolute Gasteiger partial charge is 0.416 e. The van der Waals surface area contributed by atoms with Crippen LogP contribution in [0, 0.1) is 6.92 Å². The zero-order chi connectivity index (χ0) is 25.5. The van der Waals surface area contributed by atoms with E-state index in [1.807, 2.05) is 0 Å². The summed E-state index contributed by atoms with van der Waals surface area (Å²) in [6, 6.07) is 6.00. The Bertz CT molecular complexity index is 1420. The third-order valence-corrected chi connectivity index (χ3v) is 4.63. The monoisotopic (exact) mass is 497 g/mol. The number of carbonyl (C=O) groups excluding carboxylic acids is 1. The first-order valence-electron chi connectivity index (χ1n) is 9.64. The van der Waals surface area contributed by atoms with Crippen molar-refractivity contribution in [2.75, 3.05) is 5.32 Å². The summed E-state index contributed by atoms with van der Waals surface area (Å²) in [7, 11) is 0. The van der Waals surface area contributed by atoms with Crippen molar-refractivity contribution in [3.8, 4) is 17.4 Å². The zero-order valence-electron chi connectivity index (χ0n) is 17.5. The van der Waals surface area contributed by atoms with Crippen molar-refractivity contribution in [2.45, 2.75) is 19.3 Å². The van der Waals surface area contributed by atoms with E-state index in [0.29, 0.717) is 12.1 Å². The maximum Gasteiger partial charge on any atom is 0.416 e. The molecule has 0 bridgehead atoms. The Morgan fingerprint density at radius 1 is 1.03 bits per heavy atom. The summed E-state index contributed by atoms with van der Waals surface area (Å²) >= 11 is 0. The van der Waals surface area contributed by atoms with Crippen molar-refractivity contribution in [3.63, 3.8) is 0 Å². The Balaban J connectivity index is 1.80. The number of aromatic amines is 1. The van der Waals surface area contributed by atoms with Gasteiger partial charge < -0.3 is 9.73 Å². The Morgan fingerprint density at radius 3 is 2.23 bits per heavy atom. The van der Waals surface area contributed by atoms with E-state index in [2.05, 4.69) is 20.4 Å². The summed E-state index contributed by atoms with van der Waals surface area (Å²) in [4.78, 5) is 31.2. The van der Waals surface area contributed by atoms with E-state index in [-0.39, 0.29) is 35.0 Å². The fourth-order valence-electron chi connectivity index (χ4n) is 3.11. The van der Waals surface area contributed by atoms with Crippen molar-refractivity contribution < 1.29 is 35.6 Å². The van der Waals surface area contributed by atoms with Crippen LogP contribution < -0.4 is 10.9 Å². The lowest BCUT2D eigenvalue weighted by atomic mass is 10.0. The van der Waals surface area contributed by atoms with Crippen LogP contribution in [0.25, 0.3) is 17.4 Å². The van der Waals surface area contributed by atoms with Crippen LogP contribution in [0.2, 0.25) is 0 Å². The molecule has 4 rings (SSSR count). The fourth-order valence-corrected chi connectivity index (χ4v) is 3.11. The second-order valence-electron chi connectivity index (χ2n) is 7.26. The molecule has 2 N–H and O–H groups in total. The molecule has 0 saturated carbocycles. The molecule has 8 nitrogen and oxygen atoms in total. The van der Waals surface area contributed by atoms with Gasteiger partial charge in [0.25, 0.3) is 11.5 Å². The molecule has 0 spiro atoms. The highest BCUT2D eigenvalue weighted by Gasteiger charge is 2.37. The molecule has 0 unspecified atom stereocenters. The fraction of sp³-hybridized carbons (Fsp3) is 0.143. The average molecular weight is 497 g/mol.